The Morgan fingerprint density at radius 1 is 1.80 bits per heavy atom. The summed E-state index contributed by atoms with van der Waals surface area (Å²) >= 11 is 0.969. The third kappa shape index (κ3) is 4.47. The van der Waals surface area contributed by atoms with Crippen LogP contribution in [0.25, 0.3) is 0 Å². The molecule has 0 aliphatic heterocycles. The molecule has 0 amide bonds. The van der Waals surface area contributed by atoms with Gasteiger partial charge in [-0.25, -0.2) is 0 Å². The second-order valence-corrected chi connectivity index (χ2v) is 1.92. The van der Waals surface area contributed by atoms with Crippen LogP contribution in [0.4, 0.5) is 0 Å². The Morgan fingerprint density at radius 3 is 2.40 bits per heavy atom. The van der Waals surface area contributed by atoms with Crippen LogP contribution in [0.3, 0.4) is 0 Å². The van der Waals surface area contributed by atoms with E-state index in [9.17, 15) is 0 Å². The van der Waals surface area contributed by atoms with E-state index in [4.69, 9.17) is 0 Å². The molecule has 0 heterocycles. The molecule has 5 heavy (non-hydrogen) atoms. The summed E-state index contributed by atoms with van der Waals surface area (Å²) in [6.45, 7) is 0. The molecule has 0 bridgehead atoms. The van der Waals surface area contributed by atoms with E-state index in [2.05, 4.69) is 5.73 Å². The maximum atomic E-state index is 2.94. The minimum atomic E-state index is 0.969. The maximum absolute atomic E-state index is 2.94. The first kappa shape index (κ1) is 5.47. The van der Waals surface area contributed by atoms with E-state index in [1.54, 1.807) is 0 Å². The van der Waals surface area contributed by atoms with E-state index < -0.39 is 0 Å². The van der Waals surface area contributed by atoms with Crippen LogP contribution in [0.15, 0.2) is 15.5 Å². The third-order valence-corrected chi connectivity index (χ3v) is 1.01. The predicted octanol–water partition coefficient (Wildman–Crippen LogP) is -1.12. The van der Waals surface area contributed by atoms with Crippen molar-refractivity contribution < 1.29 is 0 Å². The standard InChI is InChI=1S/C3H4B.Bi.2H/c1-2-3-4;;;/h1,3H,4H2;;;. The average molecular weight is 262 g/mol. The molecular weight excluding hydrogens is 256 g/mol. The Kier molecular flexibility index (Phi) is 4.89. The van der Waals surface area contributed by atoms with E-state index in [1.807, 2.05) is 17.6 Å². The number of hydrogen-bond donors (Lipinski definition) is 0. The fourth-order valence-electron chi connectivity index (χ4n) is 0.0962. The molecule has 0 nitrogen and oxygen atoms in total. The normalized spacial score (nSPS) is 5.00. The minimum absolute atomic E-state index is 0.969. The van der Waals surface area contributed by atoms with Gasteiger partial charge in [0.25, 0.3) is 0 Å². The Labute approximate surface area is 48.2 Å². The van der Waals surface area contributed by atoms with Crippen LogP contribution in [0.1, 0.15) is 0 Å². The quantitative estimate of drug-likeness (QED) is 0.383. The summed E-state index contributed by atoms with van der Waals surface area (Å²) in [6.07, 6.45) is 0. The summed E-state index contributed by atoms with van der Waals surface area (Å²) in [5, 5.41) is 0. The first-order chi connectivity index (χ1) is 2.41. The molecule has 0 rings (SSSR count). The molecule has 0 N–H and O–H groups in total. The summed E-state index contributed by atoms with van der Waals surface area (Å²) in [4.78, 5) is 0. The Bertz CT molecular complexity index is 55.3. The van der Waals surface area contributed by atoms with Crippen molar-refractivity contribution >= 4 is 32.6 Å². The summed E-state index contributed by atoms with van der Waals surface area (Å²) in [5.41, 5.74) is 2.94. The zero-order valence-electron chi connectivity index (χ0n) is 3.23. The van der Waals surface area contributed by atoms with Crippen molar-refractivity contribution in [2.24, 2.45) is 0 Å². The molecule has 0 aliphatic carbocycles. The number of hydrogen-bond acceptors (Lipinski definition) is 0. The van der Waals surface area contributed by atoms with Crippen LogP contribution < -0.4 is 0 Å². The van der Waals surface area contributed by atoms with Gasteiger partial charge in [0.05, 0.1) is 0 Å². The molecule has 26 valence electrons. The first-order valence-corrected chi connectivity index (χ1v) is 4.08. The third-order valence-electron chi connectivity index (χ3n) is 0.263. The van der Waals surface area contributed by atoms with Crippen LogP contribution in [0, 0.1) is 0 Å². The molecule has 0 saturated heterocycles. The molecular formula is C3H6BBi. The van der Waals surface area contributed by atoms with Crippen molar-refractivity contribution in [3.8, 4) is 0 Å². The van der Waals surface area contributed by atoms with Crippen LogP contribution in [-0.2, 0) is 0 Å². The Balaban J connectivity index is 3.26. The topological polar surface area (TPSA) is 0 Å². The van der Waals surface area contributed by atoms with Gasteiger partial charge in [-0.3, -0.25) is 0 Å². The van der Waals surface area contributed by atoms with Gasteiger partial charge < -0.3 is 0 Å². The van der Waals surface area contributed by atoms with Crippen LogP contribution >= 0.6 is 0 Å². The van der Waals surface area contributed by atoms with Gasteiger partial charge in [0, 0.05) is 0 Å². The predicted molar refractivity (Wildman–Crippen MR) is 29.7 cm³/mol. The Hall–Kier alpha value is 0.468. The monoisotopic (exact) mass is 262 g/mol. The van der Waals surface area contributed by atoms with Crippen LogP contribution in [0.2, 0.25) is 0 Å². The average Bonchev–Trinajstić information content (AvgIpc) is 1.41. The Morgan fingerprint density at radius 2 is 2.40 bits per heavy atom. The molecule has 0 aromatic rings. The molecule has 0 radical (unpaired) electrons. The zero-order chi connectivity index (χ0) is 4.12. The zero-order valence-corrected chi connectivity index (χ0v) is 7.72. The van der Waals surface area contributed by atoms with Crippen molar-refractivity contribution in [2.45, 2.75) is 0 Å². The van der Waals surface area contributed by atoms with E-state index in [-0.39, 0.29) is 0 Å². The molecule has 0 unspecified atom stereocenters. The first-order valence-electron chi connectivity index (χ1n) is 1.49. The van der Waals surface area contributed by atoms with Crippen LogP contribution in [0.5, 0.6) is 0 Å². The van der Waals surface area contributed by atoms with Crippen molar-refractivity contribution in [3.05, 3.63) is 15.5 Å². The van der Waals surface area contributed by atoms with Crippen molar-refractivity contribution in [2.75, 3.05) is 0 Å². The second-order valence-electron chi connectivity index (χ2n) is 0.622. The van der Waals surface area contributed by atoms with Crippen molar-refractivity contribution in [1.82, 2.24) is 0 Å². The fourth-order valence-corrected chi connectivity index (χ4v) is 0.844. The summed E-state index contributed by atoms with van der Waals surface area (Å²) in [6, 6.07) is 0. The molecule has 0 atom stereocenters. The van der Waals surface area contributed by atoms with E-state index >= 15 is 0 Å². The molecule has 0 aliphatic rings. The van der Waals surface area contributed by atoms with E-state index in [1.165, 1.54) is 0 Å². The molecule has 0 spiro atoms. The second kappa shape index (κ2) is 4.47. The van der Waals surface area contributed by atoms with Crippen molar-refractivity contribution in [1.29, 1.82) is 0 Å². The van der Waals surface area contributed by atoms with Crippen molar-refractivity contribution in [3.63, 3.8) is 0 Å². The van der Waals surface area contributed by atoms with Gasteiger partial charge >= 0.3 is 48.1 Å². The SMILES string of the molecule is BC=C=[CH][BiH2]. The number of rotatable bonds is 0. The summed E-state index contributed by atoms with van der Waals surface area (Å²) < 4.78 is 2.04. The van der Waals surface area contributed by atoms with E-state index in [0.717, 1.165) is 24.7 Å². The fraction of sp³-hybridized carbons (Fsp3) is 0. The molecule has 0 aromatic heterocycles. The summed E-state index contributed by atoms with van der Waals surface area (Å²) in [7, 11) is 1.97. The van der Waals surface area contributed by atoms with Gasteiger partial charge in [0.2, 0.25) is 0 Å². The van der Waals surface area contributed by atoms with Gasteiger partial charge in [0.1, 0.15) is 0 Å². The van der Waals surface area contributed by atoms with Gasteiger partial charge in [-0.2, -0.15) is 0 Å². The molecule has 0 saturated carbocycles. The van der Waals surface area contributed by atoms with Gasteiger partial charge in [-0.1, -0.05) is 0 Å². The van der Waals surface area contributed by atoms with Gasteiger partial charge in [0.15, 0.2) is 0 Å². The van der Waals surface area contributed by atoms with Gasteiger partial charge in [-0.15, -0.1) is 0 Å². The van der Waals surface area contributed by atoms with E-state index in [0.29, 0.717) is 0 Å². The summed E-state index contributed by atoms with van der Waals surface area (Å²) in [5.74, 6) is 1.92. The van der Waals surface area contributed by atoms with Gasteiger partial charge in [-0.05, 0) is 0 Å². The molecule has 2 heteroatoms. The molecule has 0 fully saturated rings. The van der Waals surface area contributed by atoms with Crippen LogP contribution in [-0.4, -0.2) is 32.6 Å². The molecule has 0 aromatic carbocycles.